The van der Waals surface area contributed by atoms with Gasteiger partial charge in [0.2, 0.25) is 0 Å². The summed E-state index contributed by atoms with van der Waals surface area (Å²) < 4.78 is 2.16. The van der Waals surface area contributed by atoms with Crippen LogP contribution in [0.4, 0.5) is 5.82 Å². The molecule has 0 atom stereocenters. The fraction of sp³-hybridized carbons (Fsp3) is 0.0278. The molecule has 40 heavy (non-hydrogen) atoms. The van der Waals surface area contributed by atoms with Crippen LogP contribution in [0.25, 0.3) is 22.7 Å². The molecule has 0 aliphatic heterocycles. The number of aromatic nitrogens is 1. The molecule has 0 bridgehead atoms. The van der Waals surface area contributed by atoms with Gasteiger partial charge in [-0.05, 0) is 79.7 Å². The molecular formula is C36H29N3S. The van der Waals surface area contributed by atoms with Crippen molar-refractivity contribution in [1.29, 1.82) is 5.26 Å². The number of para-hydroxylation sites is 1. The number of benzene rings is 5. The maximum Gasteiger partial charge on any atom is 0.116 e. The number of fused-ring (bicyclic) bond motifs is 1. The molecule has 0 unspecified atom stereocenters. The van der Waals surface area contributed by atoms with Crippen LogP contribution in [0.2, 0.25) is 0 Å². The highest BCUT2D eigenvalue weighted by Gasteiger charge is 2.34. The Morgan fingerprint density at radius 1 is 0.675 bits per heavy atom. The Balaban J connectivity index is 1.75. The van der Waals surface area contributed by atoms with E-state index in [1.54, 1.807) is 0 Å². The Kier molecular flexibility index (Phi) is 6.74. The molecule has 0 aliphatic rings. The number of hydrogen-bond acceptors (Lipinski definition) is 2. The molecule has 0 aliphatic carbocycles. The topological polar surface area (TPSA) is 54.7 Å². The molecule has 0 spiro atoms. The van der Waals surface area contributed by atoms with Gasteiger partial charge in [0, 0.05) is 36.2 Å². The van der Waals surface area contributed by atoms with Crippen LogP contribution >= 0.6 is 10.0 Å². The maximum atomic E-state index is 9.55. The van der Waals surface area contributed by atoms with Gasteiger partial charge in [0.05, 0.1) is 17.1 Å². The number of nitriles is 1. The van der Waals surface area contributed by atoms with Crippen molar-refractivity contribution >= 4 is 32.8 Å². The van der Waals surface area contributed by atoms with Gasteiger partial charge in [0.1, 0.15) is 5.82 Å². The normalized spacial score (nSPS) is 12.0. The van der Waals surface area contributed by atoms with Gasteiger partial charge >= 0.3 is 0 Å². The van der Waals surface area contributed by atoms with Crippen LogP contribution in [0, 0.1) is 11.3 Å². The highest BCUT2D eigenvalue weighted by atomic mass is 32.3. The maximum absolute atomic E-state index is 9.55. The Morgan fingerprint density at radius 3 is 1.75 bits per heavy atom. The van der Waals surface area contributed by atoms with Crippen molar-refractivity contribution in [1.82, 2.24) is 4.57 Å². The summed E-state index contributed by atoms with van der Waals surface area (Å²) in [6, 6.07) is 48.9. The molecule has 5 aromatic carbocycles. The monoisotopic (exact) mass is 535 g/mol. The number of allylic oxidation sites excluding steroid dienone is 1. The van der Waals surface area contributed by atoms with Crippen molar-refractivity contribution in [3.8, 4) is 11.8 Å². The van der Waals surface area contributed by atoms with E-state index in [0.717, 1.165) is 28.0 Å². The molecule has 4 heteroatoms. The minimum absolute atomic E-state index is 0.648. The molecule has 0 amide bonds. The van der Waals surface area contributed by atoms with Gasteiger partial charge in [-0.15, -0.1) is 10.0 Å². The number of anilines is 1. The second kappa shape index (κ2) is 10.6. The van der Waals surface area contributed by atoms with Gasteiger partial charge in [-0.1, -0.05) is 72.8 Å². The van der Waals surface area contributed by atoms with E-state index in [0.29, 0.717) is 5.56 Å². The van der Waals surface area contributed by atoms with Crippen LogP contribution in [0.15, 0.2) is 159 Å². The van der Waals surface area contributed by atoms with Crippen molar-refractivity contribution in [2.24, 2.45) is 0 Å². The zero-order valence-corrected chi connectivity index (χ0v) is 23.1. The van der Waals surface area contributed by atoms with E-state index >= 15 is 0 Å². The molecule has 0 radical (unpaired) electrons. The average Bonchev–Trinajstić information content (AvgIpc) is 3.30. The van der Waals surface area contributed by atoms with E-state index in [1.165, 1.54) is 19.6 Å². The number of nitrogen functional groups attached to an aromatic ring is 1. The van der Waals surface area contributed by atoms with Crippen molar-refractivity contribution < 1.29 is 0 Å². The molecule has 6 rings (SSSR count). The third-order valence-corrected chi connectivity index (χ3v) is 11.1. The lowest BCUT2D eigenvalue weighted by Crippen LogP contribution is -2.06. The predicted molar refractivity (Wildman–Crippen MR) is 167 cm³/mol. The second-order valence-corrected chi connectivity index (χ2v) is 12.6. The van der Waals surface area contributed by atoms with Crippen molar-refractivity contribution in [3.05, 3.63) is 151 Å². The van der Waals surface area contributed by atoms with Gasteiger partial charge in [0.25, 0.3) is 0 Å². The first kappa shape index (κ1) is 25.3. The standard InChI is InChI=1S/C36H29N3S/c1-2-12-34-33-24-23-32(25-35(33)39(36(34)38)28-13-6-3-7-14-28)40(29-15-8-4-9-16-29,30-17-10-5-11-18-30)31-21-19-27(26-37)20-22-31/h2-25H,38H2,1H3/b12-2-. The number of rotatable bonds is 6. The molecule has 1 heterocycles. The van der Waals surface area contributed by atoms with Crippen LogP contribution in [0.1, 0.15) is 18.1 Å². The molecule has 194 valence electrons. The molecule has 6 aromatic rings. The molecule has 3 nitrogen and oxygen atoms in total. The lowest BCUT2D eigenvalue weighted by Gasteiger charge is -2.42. The zero-order chi connectivity index (χ0) is 27.5. The molecule has 1 aromatic heterocycles. The Hall–Kier alpha value is -4.98. The third kappa shape index (κ3) is 4.09. The van der Waals surface area contributed by atoms with Gasteiger partial charge in [-0.25, -0.2) is 0 Å². The van der Waals surface area contributed by atoms with E-state index < -0.39 is 10.0 Å². The molecule has 0 saturated heterocycles. The Bertz CT molecular complexity index is 1810. The van der Waals surface area contributed by atoms with Crippen LogP contribution in [-0.4, -0.2) is 4.57 Å². The predicted octanol–water partition coefficient (Wildman–Crippen LogP) is 9.46. The van der Waals surface area contributed by atoms with Crippen LogP contribution in [0.3, 0.4) is 0 Å². The van der Waals surface area contributed by atoms with Crippen LogP contribution < -0.4 is 5.73 Å². The highest BCUT2D eigenvalue weighted by molar-refractivity contribution is 8.34. The SMILES string of the molecule is C/C=C\c1c(N)n(-c2ccccc2)c2cc(S(c3ccccc3)(c3ccccc3)c3ccc(C#N)cc3)ccc12. The fourth-order valence-corrected chi connectivity index (χ4v) is 9.37. The van der Waals surface area contributed by atoms with Crippen molar-refractivity contribution in [2.45, 2.75) is 26.5 Å². The second-order valence-electron chi connectivity index (χ2n) is 9.52. The largest absolute Gasteiger partial charge is 0.384 e. The van der Waals surface area contributed by atoms with E-state index in [-0.39, 0.29) is 0 Å². The summed E-state index contributed by atoms with van der Waals surface area (Å²) in [5.41, 5.74) is 10.6. The number of nitrogens with zero attached hydrogens (tertiary/aromatic N) is 2. The summed E-state index contributed by atoms with van der Waals surface area (Å²) in [5.74, 6) is 0.717. The first-order valence-electron chi connectivity index (χ1n) is 13.2. The summed E-state index contributed by atoms with van der Waals surface area (Å²) in [6.07, 6.45) is 4.13. The zero-order valence-electron chi connectivity index (χ0n) is 22.2. The summed E-state index contributed by atoms with van der Waals surface area (Å²) in [7, 11) is -1.92. The van der Waals surface area contributed by atoms with Gasteiger partial charge in [0.15, 0.2) is 0 Å². The molecule has 2 N–H and O–H groups in total. The highest BCUT2D eigenvalue weighted by Crippen LogP contribution is 2.73. The van der Waals surface area contributed by atoms with E-state index in [1.807, 2.05) is 43.3 Å². The Labute approximate surface area is 236 Å². The van der Waals surface area contributed by atoms with E-state index in [2.05, 4.69) is 120 Å². The van der Waals surface area contributed by atoms with Gasteiger partial charge in [-0.3, -0.25) is 4.57 Å². The minimum Gasteiger partial charge on any atom is -0.384 e. The summed E-state index contributed by atoms with van der Waals surface area (Å²) in [6.45, 7) is 2.02. The number of hydrogen-bond donors (Lipinski definition) is 1. The summed E-state index contributed by atoms with van der Waals surface area (Å²) in [4.78, 5) is 4.82. The summed E-state index contributed by atoms with van der Waals surface area (Å²) >= 11 is 0. The van der Waals surface area contributed by atoms with Gasteiger partial charge in [-0.2, -0.15) is 5.26 Å². The van der Waals surface area contributed by atoms with Crippen LogP contribution in [-0.2, 0) is 0 Å². The molecular weight excluding hydrogens is 506 g/mol. The quantitative estimate of drug-likeness (QED) is 0.231. The fourth-order valence-electron chi connectivity index (χ4n) is 5.50. The molecule has 0 saturated carbocycles. The lowest BCUT2D eigenvalue weighted by molar-refractivity contribution is 1.13. The molecule has 0 fully saturated rings. The van der Waals surface area contributed by atoms with Crippen molar-refractivity contribution in [2.75, 3.05) is 5.73 Å². The smallest absolute Gasteiger partial charge is 0.116 e. The van der Waals surface area contributed by atoms with Gasteiger partial charge < -0.3 is 5.73 Å². The third-order valence-electron chi connectivity index (χ3n) is 7.25. The lowest BCUT2D eigenvalue weighted by atomic mass is 10.1. The first-order chi connectivity index (χ1) is 19.7. The minimum atomic E-state index is -1.92. The van der Waals surface area contributed by atoms with E-state index in [4.69, 9.17) is 5.73 Å². The average molecular weight is 536 g/mol. The Morgan fingerprint density at radius 2 is 1.20 bits per heavy atom. The van der Waals surface area contributed by atoms with Crippen LogP contribution in [0.5, 0.6) is 0 Å². The number of nitrogens with two attached hydrogens (primary N) is 1. The van der Waals surface area contributed by atoms with E-state index in [9.17, 15) is 5.26 Å². The van der Waals surface area contributed by atoms with Crippen molar-refractivity contribution in [3.63, 3.8) is 0 Å². The first-order valence-corrected chi connectivity index (χ1v) is 14.9. The summed E-state index contributed by atoms with van der Waals surface area (Å²) in [5, 5.41) is 10.7.